The first-order valence-electron chi connectivity index (χ1n) is 7.80. The Kier molecular flexibility index (Phi) is 6.15. The number of rotatable bonds is 7. The van der Waals surface area contributed by atoms with Crippen molar-refractivity contribution in [3.8, 4) is 0 Å². The summed E-state index contributed by atoms with van der Waals surface area (Å²) in [7, 11) is 1.40. The van der Waals surface area contributed by atoms with E-state index in [9.17, 15) is 9.59 Å². The number of carbonyl (C=O) groups is 2. The van der Waals surface area contributed by atoms with E-state index in [1.807, 2.05) is 11.8 Å². The second-order valence-electron chi connectivity index (χ2n) is 5.88. The van der Waals surface area contributed by atoms with E-state index in [4.69, 9.17) is 4.74 Å². The number of allylic oxidation sites excluding steroid dienone is 2. The number of nitrogens with zero attached hydrogens (tertiary/aromatic N) is 1. The monoisotopic (exact) mass is 311 g/mol. The Balaban J connectivity index is 1.82. The summed E-state index contributed by atoms with van der Waals surface area (Å²) >= 11 is 1.53. The zero-order valence-corrected chi connectivity index (χ0v) is 13.8. The molecule has 0 aromatic carbocycles. The van der Waals surface area contributed by atoms with Crippen LogP contribution in [0.3, 0.4) is 0 Å². The van der Waals surface area contributed by atoms with Crippen LogP contribution in [0.15, 0.2) is 11.8 Å². The quantitative estimate of drug-likeness (QED) is 0.678. The molecule has 5 heteroatoms. The molecule has 2 aliphatic carbocycles. The number of thioether (sulfide) groups is 1. The van der Waals surface area contributed by atoms with Crippen LogP contribution >= 0.6 is 11.8 Å². The number of amides is 1. The highest BCUT2D eigenvalue weighted by molar-refractivity contribution is 7.99. The minimum Gasteiger partial charge on any atom is -0.469 e. The minimum absolute atomic E-state index is 0.156. The summed E-state index contributed by atoms with van der Waals surface area (Å²) in [6, 6.07) is 0.431. The van der Waals surface area contributed by atoms with Crippen molar-refractivity contribution >= 4 is 23.6 Å². The van der Waals surface area contributed by atoms with Crippen LogP contribution in [-0.2, 0) is 14.3 Å². The molecule has 1 fully saturated rings. The van der Waals surface area contributed by atoms with Crippen LogP contribution in [0.1, 0.15) is 45.4 Å². The summed E-state index contributed by atoms with van der Waals surface area (Å²) in [5, 5.41) is 0. The zero-order chi connectivity index (χ0) is 15.2. The summed E-state index contributed by atoms with van der Waals surface area (Å²) in [6.07, 6.45) is 9.06. The third-order valence-corrected chi connectivity index (χ3v) is 5.14. The Morgan fingerprint density at radius 3 is 2.76 bits per heavy atom. The molecule has 0 aliphatic heterocycles. The summed E-state index contributed by atoms with van der Waals surface area (Å²) in [5.74, 6) is 0.929. The summed E-state index contributed by atoms with van der Waals surface area (Å²) < 4.78 is 4.70. The smallest absolute Gasteiger partial charge is 0.309 e. The van der Waals surface area contributed by atoms with Crippen molar-refractivity contribution in [1.82, 2.24) is 4.90 Å². The van der Waals surface area contributed by atoms with Crippen molar-refractivity contribution in [2.75, 3.05) is 18.6 Å². The molecule has 0 heterocycles. The van der Waals surface area contributed by atoms with Gasteiger partial charge in [0.25, 0.3) is 0 Å². The van der Waals surface area contributed by atoms with Crippen LogP contribution in [0, 0.1) is 5.92 Å². The van der Waals surface area contributed by atoms with Gasteiger partial charge in [-0.25, -0.2) is 0 Å². The molecular weight excluding hydrogens is 286 g/mol. The number of hydrogen-bond donors (Lipinski definition) is 0. The highest BCUT2D eigenvalue weighted by Crippen LogP contribution is 2.34. The van der Waals surface area contributed by atoms with Crippen molar-refractivity contribution in [2.45, 2.75) is 51.5 Å². The summed E-state index contributed by atoms with van der Waals surface area (Å²) in [4.78, 5) is 25.9. The van der Waals surface area contributed by atoms with Gasteiger partial charge in [0.05, 0.1) is 18.8 Å². The Morgan fingerprint density at radius 2 is 2.19 bits per heavy atom. The van der Waals surface area contributed by atoms with E-state index in [2.05, 4.69) is 6.08 Å². The van der Waals surface area contributed by atoms with Gasteiger partial charge in [-0.1, -0.05) is 13.0 Å². The van der Waals surface area contributed by atoms with Gasteiger partial charge in [0.2, 0.25) is 5.91 Å². The first kappa shape index (κ1) is 16.4. The topological polar surface area (TPSA) is 46.6 Å². The molecule has 118 valence electrons. The molecule has 0 radical (unpaired) electrons. The fourth-order valence-corrected chi connectivity index (χ4v) is 3.55. The van der Waals surface area contributed by atoms with E-state index >= 15 is 0 Å². The molecule has 21 heavy (non-hydrogen) atoms. The third kappa shape index (κ3) is 4.77. The van der Waals surface area contributed by atoms with Crippen molar-refractivity contribution < 1.29 is 14.3 Å². The normalized spacial score (nSPS) is 19.6. The van der Waals surface area contributed by atoms with Crippen LogP contribution < -0.4 is 0 Å². The first-order valence-corrected chi connectivity index (χ1v) is 8.95. The predicted molar refractivity (Wildman–Crippen MR) is 84.9 cm³/mol. The Bertz CT molecular complexity index is 418. The number of esters is 1. The van der Waals surface area contributed by atoms with Gasteiger partial charge in [0.15, 0.2) is 0 Å². The maximum Gasteiger partial charge on any atom is 0.309 e. The molecule has 2 rings (SSSR count). The lowest BCUT2D eigenvalue weighted by atomic mass is 10.0. The number of carbonyl (C=O) groups excluding carboxylic acids is 2. The van der Waals surface area contributed by atoms with Crippen molar-refractivity contribution in [1.29, 1.82) is 0 Å². The molecule has 1 saturated carbocycles. The van der Waals surface area contributed by atoms with Crippen molar-refractivity contribution in [2.24, 2.45) is 5.92 Å². The average molecular weight is 311 g/mol. The Labute approximate surface area is 131 Å². The number of hydrogen-bond acceptors (Lipinski definition) is 4. The average Bonchev–Trinajstić information content (AvgIpc) is 3.32. The SMILES string of the molecule is COC(=O)C(C)CSCC(=O)N(C1=CCCCC1)C1CC1. The predicted octanol–water partition coefficient (Wildman–Crippen LogP) is 2.98. The number of ether oxygens (including phenoxy) is 1. The van der Waals surface area contributed by atoms with Crippen LogP contribution in [0.5, 0.6) is 0 Å². The van der Waals surface area contributed by atoms with Gasteiger partial charge in [-0.2, -0.15) is 11.8 Å². The lowest BCUT2D eigenvalue weighted by molar-refractivity contribution is -0.144. The number of methoxy groups -OCH3 is 1. The van der Waals surface area contributed by atoms with Crippen LogP contribution in [0.2, 0.25) is 0 Å². The van der Waals surface area contributed by atoms with E-state index in [1.54, 1.807) is 0 Å². The maximum absolute atomic E-state index is 12.5. The molecule has 1 atom stereocenters. The van der Waals surface area contributed by atoms with Gasteiger partial charge in [-0.05, 0) is 38.5 Å². The largest absolute Gasteiger partial charge is 0.469 e. The molecule has 0 spiro atoms. The molecular formula is C16H25NO3S. The van der Waals surface area contributed by atoms with Crippen molar-refractivity contribution in [3.63, 3.8) is 0 Å². The highest BCUT2D eigenvalue weighted by atomic mass is 32.2. The molecule has 0 saturated heterocycles. The van der Waals surface area contributed by atoms with Gasteiger partial charge in [-0.3, -0.25) is 9.59 Å². The Morgan fingerprint density at radius 1 is 1.43 bits per heavy atom. The Hall–Kier alpha value is -0.970. The maximum atomic E-state index is 12.5. The molecule has 0 N–H and O–H groups in total. The summed E-state index contributed by atoms with van der Waals surface area (Å²) in [5.41, 5.74) is 1.23. The molecule has 2 aliphatic rings. The minimum atomic E-state index is -0.205. The molecule has 4 nitrogen and oxygen atoms in total. The van der Waals surface area contributed by atoms with Gasteiger partial charge < -0.3 is 9.64 Å². The lowest BCUT2D eigenvalue weighted by Crippen LogP contribution is -2.34. The second-order valence-corrected chi connectivity index (χ2v) is 6.91. The standard InChI is InChI=1S/C16H25NO3S/c1-12(16(19)20-2)10-21-11-15(18)17(14-8-9-14)13-6-4-3-5-7-13/h6,12,14H,3-5,7-11H2,1-2H3. The molecule has 0 aromatic rings. The first-order chi connectivity index (χ1) is 10.1. The highest BCUT2D eigenvalue weighted by Gasteiger charge is 2.34. The van der Waals surface area contributed by atoms with E-state index in [0.717, 1.165) is 25.7 Å². The van der Waals surface area contributed by atoms with Gasteiger partial charge in [0.1, 0.15) is 0 Å². The lowest BCUT2D eigenvalue weighted by Gasteiger charge is -2.27. The third-order valence-electron chi connectivity index (χ3n) is 3.95. The van der Waals surface area contributed by atoms with Crippen LogP contribution in [0.4, 0.5) is 0 Å². The van der Waals surface area contributed by atoms with E-state index in [-0.39, 0.29) is 17.8 Å². The molecule has 1 amide bonds. The summed E-state index contributed by atoms with van der Waals surface area (Å²) in [6.45, 7) is 1.84. The molecule has 1 unspecified atom stereocenters. The fraction of sp³-hybridized carbons (Fsp3) is 0.750. The van der Waals surface area contributed by atoms with Gasteiger partial charge >= 0.3 is 5.97 Å². The fourth-order valence-electron chi connectivity index (χ4n) is 2.63. The van der Waals surface area contributed by atoms with E-state index in [0.29, 0.717) is 17.5 Å². The molecule has 0 bridgehead atoms. The van der Waals surface area contributed by atoms with Gasteiger partial charge in [0, 0.05) is 17.5 Å². The molecule has 0 aromatic heterocycles. The van der Waals surface area contributed by atoms with E-state index < -0.39 is 0 Å². The van der Waals surface area contributed by atoms with Crippen molar-refractivity contribution in [3.05, 3.63) is 11.8 Å². The van der Waals surface area contributed by atoms with E-state index in [1.165, 1.54) is 37.4 Å². The zero-order valence-electron chi connectivity index (χ0n) is 13.0. The van der Waals surface area contributed by atoms with Crippen LogP contribution in [0.25, 0.3) is 0 Å². The van der Waals surface area contributed by atoms with Gasteiger partial charge in [-0.15, -0.1) is 0 Å². The second kappa shape index (κ2) is 7.87. The van der Waals surface area contributed by atoms with Crippen LogP contribution in [-0.4, -0.2) is 41.4 Å².